The fourth-order valence-corrected chi connectivity index (χ4v) is 1.78. The number of aryl methyl sites for hydroxylation is 2. The van der Waals surface area contributed by atoms with Gasteiger partial charge in [0.25, 0.3) is 0 Å². The Labute approximate surface area is 101 Å². The molecular weight excluding hydrogens is 216 g/mol. The molecule has 0 fully saturated rings. The molecule has 0 radical (unpaired) electrons. The van der Waals surface area contributed by atoms with Gasteiger partial charge < -0.3 is 9.84 Å². The number of hydrogen-bond acceptors (Lipinski definition) is 4. The van der Waals surface area contributed by atoms with Crippen molar-refractivity contribution in [1.29, 1.82) is 0 Å². The molecule has 0 saturated heterocycles. The van der Waals surface area contributed by atoms with Crippen molar-refractivity contribution in [3.8, 4) is 0 Å². The van der Waals surface area contributed by atoms with E-state index in [1.165, 1.54) is 0 Å². The Hall–Kier alpha value is -1.62. The van der Waals surface area contributed by atoms with Crippen LogP contribution in [-0.2, 0) is 13.1 Å². The summed E-state index contributed by atoms with van der Waals surface area (Å²) in [6.45, 7) is 7.68. The molecule has 92 valence electrons. The summed E-state index contributed by atoms with van der Waals surface area (Å²) in [5.41, 5.74) is 2.11. The van der Waals surface area contributed by atoms with Gasteiger partial charge in [-0.25, -0.2) is 0 Å². The summed E-state index contributed by atoms with van der Waals surface area (Å²) in [5.74, 6) is 0.890. The van der Waals surface area contributed by atoms with Crippen LogP contribution in [0.4, 0.5) is 0 Å². The Kier molecular flexibility index (Phi) is 3.58. The maximum absolute atomic E-state index is 5.13. The molecule has 2 aromatic rings. The molecule has 2 rings (SSSR count). The first-order valence-electron chi connectivity index (χ1n) is 5.79. The van der Waals surface area contributed by atoms with E-state index in [0.717, 1.165) is 30.1 Å². The molecule has 0 aliphatic carbocycles. The summed E-state index contributed by atoms with van der Waals surface area (Å²) in [4.78, 5) is 0. The zero-order valence-corrected chi connectivity index (χ0v) is 10.5. The van der Waals surface area contributed by atoms with Gasteiger partial charge in [0.15, 0.2) is 0 Å². The lowest BCUT2D eigenvalue weighted by Gasteiger charge is -2.13. The second-order valence-electron chi connectivity index (χ2n) is 4.31. The van der Waals surface area contributed by atoms with Crippen LogP contribution in [0.3, 0.4) is 0 Å². The van der Waals surface area contributed by atoms with Crippen LogP contribution in [0.25, 0.3) is 0 Å². The number of rotatable bonds is 5. The summed E-state index contributed by atoms with van der Waals surface area (Å²) in [7, 11) is 0. The summed E-state index contributed by atoms with van der Waals surface area (Å²) in [6.07, 6.45) is 3.76. The van der Waals surface area contributed by atoms with Gasteiger partial charge in [0.1, 0.15) is 5.76 Å². The van der Waals surface area contributed by atoms with E-state index in [9.17, 15) is 0 Å². The van der Waals surface area contributed by atoms with Gasteiger partial charge in [0.05, 0.1) is 12.2 Å². The third-order valence-corrected chi connectivity index (χ3v) is 2.83. The Bertz CT molecular complexity index is 441. The number of nitrogens with zero attached hydrogens (tertiary/aromatic N) is 3. The van der Waals surface area contributed by atoms with Crippen LogP contribution >= 0.6 is 0 Å². The van der Waals surface area contributed by atoms with E-state index >= 15 is 0 Å². The second-order valence-corrected chi connectivity index (χ2v) is 4.31. The quantitative estimate of drug-likeness (QED) is 0.855. The van der Waals surface area contributed by atoms with E-state index in [-0.39, 0.29) is 0 Å². The molecule has 0 unspecified atom stereocenters. The van der Waals surface area contributed by atoms with E-state index in [2.05, 4.69) is 22.5 Å². The van der Waals surface area contributed by atoms with Crippen LogP contribution in [0, 0.1) is 13.8 Å². The lowest BCUT2D eigenvalue weighted by atomic mass is 10.2. The standard InChI is InChI=1S/C12H18N4O/c1-9(8-16-6-4-5-14-16)13-7-12-10(2)15-17-11(12)3/h4-6,9,13H,7-8H2,1-3H3/t9-/m0/s1. The smallest absolute Gasteiger partial charge is 0.138 e. The summed E-state index contributed by atoms with van der Waals surface area (Å²) in [6, 6.07) is 2.28. The topological polar surface area (TPSA) is 55.9 Å². The predicted molar refractivity (Wildman–Crippen MR) is 64.5 cm³/mol. The lowest BCUT2D eigenvalue weighted by Crippen LogP contribution is -2.30. The largest absolute Gasteiger partial charge is 0.361 e. The lowest BCUT2D eigenvalue weighted by molar-refractivity contribution is 0.390. The summed E-state index contributed by atoms with van der Waals surface area (Å²) >= 11 is 0. The Morgan fingerprint density at radius 1 is 1.47 bits per heavy atom. The van der Waals surface area contributed by atoms with Crippen molar-refractivity contribution in [1.82, 2.24) is 20.3 Å². The Morgan fingerprint density at radius 2 is 2.29 bits per heavy atom. The molecule has 2 heterocycles. The molecule has 0 spiro atoms. The highest BCUT2D eigenvalue weighted by Gasteiger charge is 2.10. The minimum atomic E-state index is 0.351. The molecule has 5 heteroatoms. The normalized spacial score (nSPS) is 12.9. The number of aromatic nitrogens is 3. The maximum atomic E-state index is 5.13. The molecule has 0 aromatic carbocycles. The molecule has 0 aliphatic rings. The van der Waals surface area contributed by atoms with E-state index in [1.54, 1.807) is 6.20 Å². The van der Waals surface area contributed by atoms with Crippen LogP contribution < -0.4 is 5.32 Å². The molecule has 2 aromatic heterocycles. The fraction of sp³-hybridized carbons (Fsp3) is 0.500. The highest BCUT2D eigenvalue weighted by atomic mass is 16.5. The first-order valence-corrected chi connectivity index (χ1v) is 5.79. The van der Waals surface area contributed by atoms with Crippen molar-refractivity contribution < 1.29 is 4.52 Å². The SMILES string of the molecule is Cc1noc(C)c1CN[C@@H](C)Cn1cccn1. The third-order valence-electron chi connectivity index (χ3n) is 2.83. The molecule has 0 saturated carbocycles. The van der Waals surface area contributed by atoms with Gasteiger partial charge in [0.2, 0.25) is 0 Å². The average molecular weight is 234 g/mol. The third kappa shape index (κ3) is 2.94. The highest BCUT2D eigenvalue weighted by Crippen LogP contribution is 2.11. The molecule has 1 N–H and O–H groups in total. The monoisotopic (exact) mass is 234 g/mol. The first kappa shape index (κ1) is 11.9. The van der Waals surface area contributed by atoms with Crippen LogP contribution in [-0.4, -0.2) is 21.0 Å². The fourth-order valence-electron chi connectivity index (χ4n) is 1.78. The number of hydrogen-bond donors (Lipinski definition) is 1. The molecule has 0 amide bonds. The zero-order valence-electron chi connectivity index (χ0n) is 10.5. The number of nitrogens with one attached hydrogen (secondary N) is 1. The minimum Gasteiger partial charge on any atom is -0.361 e. The molecule has 0 aliphatic heterocycles. The van der Waals surface area contributed by atoms with Crippen molar-refractivity contribution in [3.05, 3.63) is 35.5 Å². The summed E-state index contributed by atoms with van der Waals surface area (Å²) in [5, 5.41) is 11.6. The van der Waals surface area contributed by atoms with Crippen LogP contribution in [0.5, 0.6) is 0 Å². The van der Waals surface area contributed by atoms with E-state index in [0.29, 0.717) is 6.04 Å². The molecular formula is C12H18N4O. The highest BCUT2D eigenvalue weighted by molar-refractivity contribution is 5.20. The van der Waals surface area contributed by atoms with Crippen molar-refractivity contribution in [2.75, 3.05) is 0 Å². The van der Waals surface area contributed by atoms with Gasteiger partial charge in [-0.2, -0.15) is 5.10 Å². The van der Waals surface area contributed by atoms with Crippen molar-refractivity contribution in [2.24, 2.45) is 0 Å². The van der Waals surface area contributed by atoms with Gasteiger partial charge in [-0.15, -0.1) is 0 Å². The molecule has 1 atom stereocenters. The van der Waals surface area contributed by atoms with E-state index in [1.807, 2.05) is 30.8 Å². The maximum Gasteiger partial charge on any atom is 0.138 e. The Morgan fingerprint density at radius 3 is 2.88 bits per heavy atom. The summed E-state index contributed by atoms with van der Waals surface area (Å²) < 4.78 is 7.05. The van der Waals surface area contributed by atoms with E-state index < -0.39 is 0 Å². The van der Waals surface area contributed by atoms with Crippen LogP contribution in [0.15, 0.2) is 23.0 Å². The first-order chi connectivity index (χ1) is 8.16. The van der Waals surface area contributed by atoms with Crippen molar-refractivity contribution in [2.45, 2.75) is 39.9 Å². The van der Waals surface area contributed by atoms with Gasteiger partial charge in [-0.05, 0) is 26.8 Å². The average Bonchev–Trinajstić information content (AvgIpc) is 2.88. The predicted octanol–water partition coefficient (Wildman–Crippen LogP) is 1.67. The zero-order chi connectivity index (χ0) is 12.3. The van der Waals surface area contributed by atoms with Crippen molar-refractivity contribution in [3.63, 3.8) is 0 Å². The van der Waals surface area contributed by atoms with Crippen LogP contribution in [0.1, 0.15) is 23.9 Å². The van der Waals surface area contributed by atoms with Gasteiger partial charge >= 0.3 is 0 Å². The van der Waals surface area contributed by atoms with E-state index in [4.69, 9.17) is 4.52 Å². The van der Waals surface area contributed by atoms with Gasteiger partial charge in [-0.3, -0.25) is 4.68 Å². The Balaban J connectivity index is 1.86. The van der Waals surface area contributed by atoms with Crippen LogP contribution in [0.2, 0.25) is 0 Å². The van der Waals surface area contributed by atoms with Gasteiger partial charge in [0, 0.05) is 30.5 Å². The molecule has 5 nitrogen and oxygen atoms in total. The second kappa shape index (κ2) is 5.14. The van der Waals surface area contributed by atoms with Gasteiger partial charge in [-0.1, -0.05) is 5.16 Å². The molecule has 0 bridgehead atoms. The minimum absolute atomic E-state index is 0.351. The van der Waals surface area contributed by atoms with Crippen molar-refractivity contribution >= 4 is 0 Å². The molecule has 17 heavy (non-hydrogen) atoms.